The van der Waals surface area contributed by atoms with Gasteiger partial charge in [0.05, 0.1) is 6.61 Å². The van der Waals surface area contributed by atoms with Crippen LogP contribution in [0.15, 0.2) is 12.1 Å². The minimum atomic E-state index is -0.00486. The van der Waals surface area contributed by atoms with Crippen molar-refractivity contribution in [2.24, 2.45) is 0 Å². The van der Waals surface area contributed by atoms with Crippen molar-refractivity contribution in [3.63, 3.8) is 0 Å². The van der Waals surface area contributed by atoms with Crippen molar-refractivity contribution in [1.82, 2.24) is 9.88 Å². The number of hydrogen-bond donors (Lipinski definition) is 1. The number of nitrogens with one attached hydrogen (secondary N) is 1. The average molecular weight is 279 g/mol. The molecule has 1 heterocycles. The number of nitrogens with zero attached hydrogens (tertiary/aromatic N) is 2. The Morgan fingerprint density at radius 3 is 2.80 bits per heavy atom. The van der Waals surface area contributed by atoms with Gasteiger partial charge in [0.15, 0.2) is 0 Å². The fourth-order valence-corrected chi connectivity index (χ4v) is 1.80. The maximum Gasteiger partial charge on any atom is 0.253 e. The van der Waals surface area contributed by atoms with Crippen LogP contribution in [0.3, 0.4) is 0 Å². The number of likely N-dealkylation sites (N-methyl/N-ethyl adjacent to an activating group) is 1. The van der Waals surface area contributed by atoms with E-state index in [4.69, 9.17) is 4.74 Å². The molecule has 0 aliphatic carbocycles. The highest BCUT2D eigenvalue weighted by Crippen LogP contribution is 2.12. The molecule has 0 fully saturated rings. The molecule has 0 aliphatic rings. The molecule has 0 radical (unpaired) electrons. The first-order valence-corrected chi connectivity index (χ1v) is 7.14. The number of carbonyl (C=O) groups excluding carboxylic acids is 1. The maximum absolute atomic E-state index is 12.3. The van der Waals surface area contributed by atoms with Gasteiger partial charge in [0, 0.05) is 38.0 Å². The number of anilines is 1. The Hall–Kier alpha value is -1.62. The third-order valence-electron chi connectivity index (χ3n) is 2.88. The van der Waals surface area contributed by atoms with Crippen LogP contribution in [-0.2, 0) is 4.74 Å². The highest BCUT2D eigenvalue weighted by Gasteiger charge is 2.13. The summed E-state index contributed by atoms with van der Waals surface area (Å²) in [7, 11) is 1.79. The van der Waals surface area contributed by atoms with Gasteiger partial charge in [0.2, 0.25) is 0 Å². The Balaban J connectivity index is 2.73. The second kappa shape index (κ2) is 8.53. The van der Waals surface area contributed by atoms with E-state index in [0.717, 1.165) is 24.5 Å². The zero-order valence-electron chi connectivity index (χ0n) is 12.9. The minimum Gasteiger partial charge on any atom is -0.380 e. The summed E-state index contributed by atoms with van der Waals surface area (Å²) in [6.07, 6.45) is 1.02. The van der Waals surface area contributed by atoms with Crippen LogP contribution in [0.4, 0.5) is 5.82 Å². The van der Waals surface area contributed by atoms with Crippen molar-refractivity contribution in [2.75, 3.05) is 38.7 Å². The van der Waals surface area contributed by atoms with E-state index in [0.29, 0.717) is 25.3 Å². The Labute approximate surface area is 121 Å². The Morgan fingerprint density at radius 2 is 2.15 bits per heavy atom. The van der Waals surface area contributed by atoms with Gasteiger partial charge in [-0.1, -0.05) is 6.92 Å². The van der Waals surface area contributed by atoms with Gasteiger partial charge in [-0.25, -0.2) is 4.98 Å². The van der Waals surface area contributed by atoms with Gasteiger partial charge in [0.1, 0.15) is 5.82 Å². The number of aromatic nitrogens is 1. The molecule has 0 aromatic carbocycles. The van der Waals surface area contributed by atoms with Crippen LogP contribution in [0.1, 0.15) is 36.3 Å². The molecule has 0 saturated heterocycles. The number of rotatable bonds is 8. The Kier molecular flexibility index (Phi) is 7.01. The van der Waals surface area contributed by atoms with Gasteiger partial charge in [-0.2, -0.15) is 0 Å². The number of hydrogen-bond acceptors (Lipinski definition) is 4. The van der Waals surface area contributed by atoms with Crippen molar-refractivity contribution in [3.05, 3.63) is 23.4 Å². The van der Waals surface area contributed by atoms with Crippen LogP contribution < -0.4 is 5.32 Å². The predicted octanol–water partition coefficient (Wildman–Crippen LogP) is 2.32. The summed E-state index contributed by atoms with van der Waals surface area (Å²) in [6, 6.07) is 3.62. The number of carbonyl (C=O) groups is 1. The molecular weight excluding hydrogens is 254 g/mol. The van der Waals surface area contributed by atoms with Crippen molar-refractivity contribution < 1.29 is 9.53 Å². The van der Waals surface area contributed by atoms with Crippen LogP contribution in [0, 0.1) is 6.92 Å². The molecule has 0 saturated carbocycles. The SMILES string of the molecule is CCCNc1cc(C(=O)N(C)CCOCC)cc(C)n1. The lowest BCUT2D eigenvalue weighted by atomic mass is 10.2. The first-order valence-electron chi connectivity index (χ1n) is 7.14. The summed E-state index contributed by atoms with van der Waals surface area (Å²) in [6.45, 7) is 8.60. The first kappa shape index (κ1) is 16.4. The minimum absolute atomic E-state index is 0.00486. The number of pyridine rings is 1. The van der Waals surface area contributed by atoms with E-state index in [9.17, 15) is 4.79 Å². The normalized spacial score (nSPS) is 10.4. The molecule has 1 aromatic heterocycles. The van der Waals surface area contributed by atoms with Gasteiger partial charge in [-0.3, -0.25) is 4.79 Å². The van der Waals surface area contributed by atoms with E-state index in [1.54, 1.807) is 11.9 Å². The number of aryl methyl sites for hydroxylation is 1. The zero-order chi connectivity index (χ0) is 15.0. The predicted molar refractivity (Wildman–Crippen MR) is 81.2 cm³/mol. The van der Waals surface area contributed by atoms with Crippen molar-refractivity contribution in [1.29, 1.82) is 0 Å². The van der Waals surface area contributed by atoms with Crippen LogP contribution >= 0.6 is 0 Å². The quantitative estimate of drug-likeness (QED) is 0.742. The third-order valence-corrected chi connectivity index (χ3v) is 2.88. The summed E-state index contributed by atoms with van der Waals surface area (Å²) < 4.78 is 5.27. The molecule has 1 rings (SSSR count). The van der Waals surface area contributed by atoms with Crippen molar-refractivity contribution in [2.45, 2.75) is 27.2 Å². The second-order valence-corrected chi connectivity index (χ2v) is 4.73. The first-order chi connectivity index (χ1) is 9.58. The van der Waals surface area contributed by atoms with E-state index in [2.05, 4.69) is 17.2 Å². The summed E-state index contributed by atoms with van der Waals surface area (Å²) >= 11 is 0. The van der Waals surface area contributed by atoms with Crippen LogP contribution in [0.25, 0.3) is 0 Å². The number of ether oxygens (including phenoxy) is 1. The lowest BCUT2D eigenvalue weighted by Gasteiger charge is -2.18. The van der Waals surface area contributed by atoms with E-state index < -0.39 is 0 Å². The van der Waals surface area contributed by atoms with E-state index in [1.165, 1.54) is 0 Å². The zero-order valence-corrected chi connectivity index (χ0v) is 12.9. The van der Waals surface area contributed by atoms with E-state index in [1.807, 2.05) is 26.0 Å². The molecule has 1 N–H and O–H groups in total. The van der Waals surface area contributed by atoms with Crippen molar-refractivity contribution in [3.8, 4) is 0 Å². The molecule has 0 unspecified atom stereocenters. The standard InChI is InChI=1S/C15H25N3O2/c1-5-7-16-14-11-13(10-12(3)17-14)15(19)18(4)8-9-20-6-2/h10-11H,5-9H2,1-4H3,(H,16,17). The smallest absolute Gasteiger partial charge is 0.253 e. The lowest BCUT2D eigenvalue weighted by Crippen LogP contribution is -2.30. The summed E-state index contributed by atoms with van der Waals surface area (Å²) in [5.74, 6) is 0.753. The summed E-state index contributed by atoms with van der Waals surface area (Å²) in [5, 5.41) is 3.22. The molecule has 5 nitrogen and oxygen atoms in total. The maximum atomic E-state index is 12.3. The summed E-state index contributed by atoms with van der Waals surface area (Å²) in [5.41, 5.74) is 1.50. The van der Waals surface area contributed by atoms with E-state index in [-0.39, 0.29) is 5.91 Å². The third kappa shape index (κ3) is 5.17. The lowest BCUT2D eigenvalue weighted by molar-refractivity contribution is 0.0710. The van der Waals surface area contributed by atoms with Gasteiger partial charge in [-0.05, 0) is 32.4 Å². The summed E-state index contributed by atoms with van der Waals surface area (Å²) in [4.78, 5) is 18.4. The van der Waals surface area contributed by atoms with Crippen LogP contribution in [-0.4, -0.2) is 49.1 Å². The van der Waals surface area contributed by atoms with Crippen LogP contribution in [0.5, 0.6) is 0 Å². The molecule has 1 aromatic rings. The van der Waals surface area contributed by atoms with E-state index >= 15 is 0 Å². The monoisotopic (exact) mass is 279 g/mol. The van der Waals surface area contributed by atoms with Crippen LogP contribution in [0.2, 0.25) is 0 Å². The second-order valence-electron chi connectivity index (χ2n) is 4.73. The molecule has 0 aliphatic heterocycles. The Morgan fingerprint density at radius 1 is 1.40 bits per heavy atom. The van der Waals surface area contributed by atoms with Gasteiger partial charge in [-0.15, -0.1) is 0 Å². The van der Waals surface area contributed by atoms with Crippen molar-refractivity contribution >= 4 is 11.7 Å². The van der Waals surface area contributed by atoms with Gasteiger partial charge < -0.3 is 15.0 Å². The molecule has 0 atom stereocenters. The molecule has 5 heteroatoms. The fourth-order valence-electron chi connectivity index (χ4n) is 1.80. The highest BCUT2D eigenvalue weighted by molar-refractivity contribution is 5.94. The number of amides is 1. The molecule has 20 heavy (non-hydrogen) atoms. The Bertz CT molecular complexity index is 435. The molecule has 0 spiro atoms. The topological polar surface area (TPSA) is 54.5 Å². The van der Waals surface area contributed by atoms with Gasteiger partial charge >= 0.3 is 0 Å². The largest absolute Gasteiger partial charge is 0.380 e. The fraction of sp³-hybridized carbons (Fsp3) is 0.600. The molecule has 1 amide bonds. The molecular formula is C15H25N3O2. The average Bonchev–Trinajstić information content (AvgIpc) is 2.43. The highest BCUT2D eigenvalue weighted by atomic mass is 16.5. The molecule has 112 valence electrons. The molecule has 0 bridgehead atoms. The van der Waals surface area contributed by atoms with Gasteiger partial charge in [0.25, 0.3) is 5.91 Å².